The summed E-state index contributed by atoms with van der Waals surface area (Å²) in [5.74, 6) is -0.976. The molecule has 0 aromatic heterocycles. The lowest BCUT2D eigenvalue weighted by molar-refractivity contribution is -0.119. The van der Waals surface area contributed by atoms with Crippen LogP contribution in [0, 0.1) is 0 Å². The summed E-state index contributed by atoms with van der Waals surface area (Å²) in [6.07, 6.45) is -4.37. The maximum atomic E-state index is 11.8. The van der Waals surface area contributed by atoms with Gasteiger partial charge in [-0.05, 0) is 18.4 Å². The SMILES string of the molecule is [2H]C([2H])(CC)C(=O)C([2H])([2H])Cc1ccccc1. The first-order chi connectivity index (χ1) is 7.79. The maximum Gasteiger partial charge on any atom is 0.133 e. The highest BCUT2D eigenvalue weighted by atomic mass is 16.1. The molecule has 0 aliphatic rings. The predicted molar refractivity (Wildman–Crippen MR) is 54.7 cm³/mol. The van der Waals surface area contributed by atoms with E-state index >= 15 is 0 Å². The highest BCUT2D eigenvalue weighted by Gasteiger charge is 2.00. The average molecular weight is 180 g/mol. The van der Waals surface area contributed by atoms with Crippen LogP contribution >= 0.6 is 0 Å². The lowest BCUT2D eigenvalue weighted by atomic mass is 10.1. The molecule has 0 saturated carbocycles. The molecule has 0 spiro atoms. The molecule has 1 aromatic rings. The van der Waals surface area contributed by atoms with Crippen LogP contribution in [0.1, 0.15) is 37.1 Å². The van der Waals surface area contributed by atoms with Crippen LogP contribution in [-0.4, -0.2) is 5.78 Å². The van der Waals surface area contributed by atoms with E-state index in [1.165, 1.54) is 6.92 Å². The molecule has 1 nitrogen and oxygen atoms in total. The molecule has 1 rings (SSSR count). The van der Waals surface area contributed by atoms with Crippen molar-refractivity contribution in [2.45, 2.75) is 32.5 Å². The molecule has 0 N–H and O–H groups in total. The first kappa shape index (κ1) is 5.58. The Morgan fingerprint density at radius 3 is 2.62 bits per heavy atom. The van der Waals surface area contributed by atoms with Gasteiger partial charge in [0.25, 0.3) is 0 Å². The van der Waals surface area contributed by atoms with Gasteiger partial charge in [-0.2, -0.15) is 0 Å². The third kappa shape index (κ3) is 3.88. The van der Waals surface area contributed by atoms with Crippen molar-refractivity contribution in [1.29, 1.82) is 0 Å². The Labute approximate surface area is 85.4 Å². The van der Waals surface area contributed by atoms with E-state index in [1.807, 2.05) is 6.07 Å². The number of rotatable bonds is 5. The molecular formula is C12H16O. The summed E-state index contributed by atoms with van der Waals surface area (Å²) in [6, 6.07) is 8.81. The zero-order valence-electron chi connectivity index (χ0n) is 11.7. The van der Waals surface area contributed by atoms with Gasteiger partial charge in [0.15, 0.2) is 0 Å². The third-order valence-corrected chi connectivity index (χ3v) is 1.63. The van der Waals surface area contributed by atoms with E-state index in [0.29, 0.717) is 5.56 Å². The van der Waals surface area contributed by atoms with Gasteiger partial charge in [0, 0.05) is 18.2 Å². The van der Waals surface area contributed by atoms with Gasteiger partial charge in [0.05, 0.1) is 0 Å². The summed E-state index contributed by atoms with van der Waals surface area (Å²) >= 11 is 0. The van der Waals surface area contributed by atoms with Crippen LogP contribution in [0.3, 0.4) is 0 Å². The number of hydrogen-bond acceptors (Lipinski definition) is 1. The summed E-state index contributed by atoms with van der Waals surface area (Å²) < 4.78 is 30.4. The van der Waals surface area contributed by atoms with Crippen molar-refractivity contribution in [3.63, 3.8) is 0 Å². The highest BCUT2D eigenvalue weighted by Crippen LogP contribution is 2.04. The van der Waals surface area contributed by atoms with Crippen molar-refractivity contribution < 1.29 is 10.3 Å². The fourth-order valence-electron chi connectivity index (χ4n) is 1.00. The summed E-state index contributed by atoms with van der Waals surface area (Å²) in [5.41, 5.74) is 0.692. The highest BCUT2D eigenvalue weighted by molar-refractivity contribution is 5.78. The minimum Gasteiger partial charge on any atom is -0.300 e. The normalized spacial score (nSPS) is 16.7. The molecule has 0 bridgehead atoms. The largest absolute Gasteiger partial charge is 0.300 e. The number of hydrogen-bond donors (Lipinski definition) is 0. The Balaban J connectivity index is 2.86. The van der Waals surface area contributed by atoms with Gasteiger partial charge < -0.3 is 0 Å². The van der Waals surface area contributed by atoms with Gasteiger partial charge in [0.2, 0.25) is 0 Å². The molecule has 0 fully saturated rings. The van der Waals surface area contributed by atoms with Gasteiger partial charge in [-0.1, -0.05) is 37.3 Å². The molecule has 0 saturated heterocycles. The van der Waals surface area contributed by atoms with E-state index in [4.69, 9.17) is 5.48 Å². The molecule has 0 aliphatic carbocycles. The third-order valence-electron chi connectivity index (χ3n) is 1.63. The minimum absolute atomic E-state index is 0.0138. The van der Waals surface area contributed by atoms with E-state index in [-0.39, 0.29) is 12.8 Å². The molecule has 0 amide bonds. The quantitative estimate of drug-likeness (QED) is 0.680. The number of carbonyl (C=O) groups is 1. The van der Waals surface area contributed by atoms with Crippen molar-refractivity contribution >= 4 is 5.78 Å². The van der Waals surface area contributed by atoms with Crippen LogP contribution in [0.2, 0.25) is 0 Å². The van der Waals surface area contributed by atoms with Gasteiger partial charge in [-0.3, -0.25) is 4.79 Å². The second-order valence-corrected chi connectivity index (χ2v) is 2.70. The van der Waals surface area contributed by atoms with Crippen molar-refractivity contribution in [2.75, 3.05) is 0 Å². The van der Waals surface area contributed by atoms with E-state index in [9.17, 15) is 4.79 Å². The zero-order valence-corrected chi connectivity index (χ0v) is 7.71. The van der Waals surface area contributed by atoms with E-state index in [0.717, 1.165) is 0 Å². The van der Waals surface area contributed by atoms with Crippen LogP contribution in [0.4, 0.5) is 0 Å². The first-order valence-corrected chi connectivity index (χ1v) is 4.38. The topological polar surface area (TPSA) is 17.1 Å². The monoisotopic (exact) mass is 180 g/mol. The number of aryl methyl sites for hydroxylation is 1. The van der Waals surface area contributed by atoms with Crippen LogP contribution in [0.5, 0.6) is 0 Å². The van der Waals surface area contributed by atoms with Gasteiger partial charge in [0.1, 0.15) is 5.78 Å². The number of carbonyl (C=O) groups excluding carboxylic acids is 1. The van der Waals surface area contributed by atoms with Crippen LogP contribution in [0.15, 0.2) is 30.3 Å². The molecule has 1 aromatic carbocycles. The smallest absolute Gasteiger partial charge is 0.133 e. The molecule has 0 unspecified atom stereocenters. The average Bonchev–Trinajstić information content (AvgIpc) is 2.28. The summed E-state index contributed by atoms with van der Waals surface area (Å²) in [4.78, 5) is 11.8. The number of ketones is 1. The Morgan fingerprint density at radius 1 is 1.31 bits per heavy atom. The number of Topliss-reactive ketones (excluding diaryl/α,β-unsaturated/α-hetero) is 1. The van der Waals surface area contributed by atoms with E-state index in [2.05, 4.69) is 0 Å². The zero-order chi connectivity index (χ0) is 13.1. The lowest BCUT2D eigenvalue weighted by Crippen LogP contribution is -1.98. The molecule has 70 valence electrons. The van der Waals surface area contributed by atoms with Crippen molar-refractivity contribution in [3.8, 4) is 0 Å². The molecule has 0 heterocycles. The molecule has 13 heavy (non-hydrogen) atoms. The Bertz CT molecular complexity index is 387. The van der Waals surface area contributed by atoms with Crippen molar-refractivity contribution in [2.24, 2.45) is 0 Å². The van der Waals surface area contributed by atoms with E-state index in [1.54, 1.807) is 24.3 Å². The Hall–Kier alpha value is -1.11. The van der Waals surface area contributed by atoms with Crippen molar-refractivity contribution in [1.82, 2.24) is 0 Å². The Morgan fingerprint density at radius 2 is 2.00 bits per heavy atom. The molecular weight excluding hydrogens is 160 g/mol. The summed E-state index contributed by atoms with van der Waals surface area (Å²) in [6.45, 7) is 1.54. The number of benzene rings is 1. The lowest BCUT2D eigenvalue weighted by Gasteiger charge is -1.99. The first-order valence-electron chi connectivity index (χ1n) is 6.38. The van der Waals surface area contributed by atoms with Crippen molar-refractivity contribution in [3.05, 3.63) is 35.9 Å². The standard InChI is InChI=1S/C12H16O/c1-2-6-12(13)10-9-11-7-4-3-5-8-11/h3-5,7-8H,2,6,9-10H2,1H3/i6D2,10D2. The summed E-state index contributed by atoms with van der Waals surface area (Å²) in [5, 5.41) is 0. The molecule has 0 radical (unpaired) electrons. The second-order valence-electron chi connectivity index (χ2n) is 2.70. The fourth-order valence-corrected chi connectivity index (χ4v) is 1.00. The predicted octanol–water partition coefficient (Wildman–Crippen LogP) is 2.99. The van der Waals surface area contributed by atoms with Gasteiger partial charge >= 0.3 is 0 Å². The van der Waals surface area contributed by atoms with E-state index < -0.39 is 18.5 Å². The molecule has 0 aliphatic heterocycles. The van der Waals surface area contributed by atoms with Gasteiger partial charge in [-0.25, -0.2) is 0 Å². The van der Waals surface area contributed by atoms with Crippen LogP contribution < -0.4 is 0 Å². The molecule has 0 atom stereocenters. The van der Waals surface area contributed by atoms with Crippen LogP contribution in [-0.2, 0) is 11.2 Å². The second kappa shape index (κ2) is 5.52. The van der Waals surface area contributed by atoms with Gasteiger partial charge in [-0.15, -0.1) is 0 Å². The Kier molecular flexibility index (Phi) is 2.37. The maximum absolute atomic E-state index is 11.8. The minimum atomic E-state index is -2.17. The summed E-state index contributed by atoms with van der Waals surface area (Å²) in [7, 11) is 0. The van der Waals surface area contributed by atoms with Crippen LogP contribution in [0.25, 0.3) is 0 Å². The molecule has 1 heteroatoms. The fraction of sp³-hybridized carbons (Fsp3) is 0.417.